The highest BCUT2D eigenvalue weighted by Crippen LogP contribution is 2.21. The molecule has 1 amide bonds. The van der Waals surface area contributed by atoms with Crippen LogP contribution in [0.5, 0.6) is 0 Å². The molecule has 1 fully saturated rings. The molecule has 0 atom stereocenters. The van der Waals surface area contributed by atoms with Crippen LogP contribution in [-0.4, -0.2) is 51.7 Å². The van der Waals surface area contributed by atoms with E-state index in [0.29, 0.717) is 48.0 Å². The van der Waals surface area contributed by atoms with Crippen LogP contribution in [0.3, 0.4) is 0 Å². The number of aromatic nitrogens is 2. The molecule has 1 aromatic heterocycles. The highest BCUT2D eigenvalue weighted by molar-refractivity contribution is 6.31. The molecule has 1 aliphatic heterocycles. The zero-order valence-corrected chi connectivity index (χ0v) is 14.0. The van der Waals surface area contributed by atoms with Crippen molar-refractivity contribution in [1.82, 2.24) is 19.6 Å². The van der Waals surface area contributed by atoms with Gasteiger partial charge < -0.3 is 4.90 Å². The number of nitrogens with zero attached hydrogens (tertiary/aromatic N) is 4. The summed E-state index contributed by atoms with van der Waals surface area (Å²) >= 11 is 6.03. The first-order valence-electron chi connectivity index (χ1n) is 7.73. The van der Waals surface area contributed by atoms with Crippen molar-refractivity contribution in [2.24, 2.45) is 0 Å². The van der Waals surface area contributed by atoms with Crippen LogP contribution in [0.15, 0.2) is 30.5 Å². The molecule has 1 aliphatic rings. The molecule has 1 saturated heterocycles. The smallest absolute Gasteiger partial charge is 0.333 e. The normalized spacial score (nSPS) is 15.8. The van der Waals surface area contributed by atoms with E-state index in [4.69, 9.17) is 11.6 Å². The minimum atomic E-state index is -2.77. The number of benzene rings is 1. The van der Waals surface area contributed by atoms with Gasteiger partial charge in [0.2, 0.25) is 0 Å². The molecular formula is C16H16ClF3N4O. The van der Waals surface area contributed by atoms with Crippen LogP contribution in [0, 0.1) is 5.82 Å². The lowest BCUT2D eigenvalue weighted by Crippen LogP contribution is -2.48. The first kappa shape index (κ1) is 17.8. The lowest BCUT2D eigenvalue weighted by Gasteiger charge is -2.34. The summed E-state index contributed by atoms with van der Waals surface area (Å²) in [5, 5.41) is 3.96. The maximum Gasteiger partial charge on any atom is 0.333 e. The van der Waals surface area contributed by atoms with Gasteiger partial charge in [0.25, 0.3) is 5.91 Å². The minimum absolute atomic E-state index is 0.00843. The summed E-state index contributed by atoms with van der Waals surface area (Å²) in [6, 6.07) is 5.83. The van der Waals surface area contributed by atoms with Gasteiger partial charge in [0.05, 0.1) is 0 Å². The summed E-state index contributed by atoms with van der Waals surface area (Å²) in [6.45, 7) is -0.534. The number of rotatable bonds is 4. The number of halogens is 4. The Morgan fingerprint density at radius 1 is 1.20 bits per heavy atom. The summed E-state index contributed by atoms with van der Waals surface area (Å²) in [5.74, 6) is -0.744. The molecule has 0 radical (unpaired) electrons. The number of carbonyl (C=O) groups excluding carboxylic acids is 1. The third-order valence-electron chi connectivity index (χ3n) is 4.13. The molecular weight excluding hydrogens is 357 g/mol. The fourth-order valence-corrected chi connectivity index (χ4v) is 2.96. The fraction of sp³-hybridized carbons (Fsp3) is 0.375. The molecule has 0 spiro atoms. The standard InChI is InChI=1S/C16H16ClF3N4O/c17-12-2-1-3-13(18)11(12)10-22-6-8-23(9-7-22)15(25)14-4-5-24(21-14)16(19)20/h1-5,16H,6-10H2. The SMILES string of the molecule is O=C(c1ccn(C(F)F)n1)N1CCN(Cc2c(F)cccc2Cl)CC1. The molecule has 9 heteroatoms. The van der Waals surface area contributed by atoms with Crippen molar-refractivity contribution in [3.8, 4) is 0 Å². The highest BCUT2D eigenvalue weighted by atomic mass is 35.5. The van der Waals surface area contributed by atoms with Crippen LogP contribution in [-0.2, 0) is 6.54 Å². The summed E-state index contributed by atoms with van der Waals surface area (Å²) < 4.78 is 39.4. The average Bonchev–Trinajstić information content (AvgIpc) is 3.09. The van der Waals surface area contributed by atoms with Crippen LogP contribution in [0.2, 0.25) is 5.02 Å². The number of amides is 1. The topological polar surface area (TPSA) is 41.4 Å². The van der Waals surface area contributed by atoms with E-state index in [9.17, 15) is 18.0 Å². The van der Waals surface area contributed by atoms with Crippen LogP contribution < -0.4 is 0 Å². The van der Waals surface area contributed by atoms with Gasteiger partial charge in [0.15, 0.2) is 5.69 Å². The molecule has 5 nitrogen and oxygen atoms in total. The van der Waals surface area contributed by atoms with Crippen molar-refractivity contribution < 1.29 is 18.0 Å². The number of carbonyl (C=O) groups is 1. The van der Waals surface area contributed by atoms with Gasteiger partial charge in [0, 0.05) is 49.5 Å². The van der Waals surface area contributed by atoms with Gasteiger partial charge in [-0.05, 0) is 18.2 Å². The first-order chi connectivity index (χ1) is 12.0. The molecule has 3 rings (SSSR count). The minimum Gasteiger partial charge on any atom is -0.335 e. The molecule has 0 aliphatic carbocycles. The van der Waals surface area contributed by atoms with E-state index >= 15 is 0 Å². The van der Waals surface area contributed by atoms with Crippen molar-refractivity contribution in [3.63, 3.8) is 0 Å². The Labute approximate surface area is 147 Å². The van der Waals surface area contributed by atoms with Gasteiger partial charge in [0.1, 0.15) is 5.82 Å². The molecule has 0 bridgehead atoms. The lowest BCUT2D eigenvalue weighted by molar-refractivity contribution is 0.0533. The van der Waals surface area contributed by atoms with Gasteiger partial charge in [-0.2, -0.15) is 13.9 Å². The summed E-state index contributed by atoms with van der Waals surface area (Å²) in [7, 11) is 0. The van der Waals surface area contributed by atoms with E-state index in [-0.39, 0.29) is 17.4 Å². The van der Waals surface area contributed by atoms with E-state index in [0.717, 1.165) is 6.20 Å². The van der Waals surface area contributed by atoms with Gasteiger partial charge in [-0.25, -0.2) is 9.07 Å². The number of hydrogen-bond acceptors (Lipinski definition) is 3. The monoisotopic (exact) mass is 372 g/mol. The summed E-state index contributed by atoms with van der Waals surface area (Å²) in [4.78, 5) is 15.9. The van der Waals surface area contributed by atoms with Crippen molar-refractivity contribution in [2.45, 2.75) is 13.1 Å². The van der Waals surface area contributed by atoms with E-state index in [2.05, 4.69) is 5.10 Å². The third-order valence-corrected chi connectivity index (χ3v) is 4.48. The quantitative estimate of drug-likeness (QED) is 0.828. The Morgan fingerprint density at radius 2 is 1.92 bits per heavy atom. The van der Waals surface area contributed by atoms with Crippen LogP contribution in [0.4, 0.5) is 13.2 Å². The summed E-state index contributed by atoms with van der Waals surface area (Å²) in [5.41, 5.74) is 0.422. The molecule has 0 saturated carbocycles. The predicted molar refractivity (Wildman–Crippen MR) is 86.1 cm³/mol. The van der Waals surface area contributed by atoms with Gasteiger partial charge in [-0.3, -0.25) is 9.69 Å². The Bertz CT molecular complexity index is 739. The van der Waals surface area contributed by atoms with E-state index < -0.39 is 6.55 Å². The molecule has 2 aromatic rings. The van der Waals surface area contributed by atoms with Gasteiger partial charge >= 0.3 is 6.55 Å². The second-order valence-electron chi connectivity index (χ2n) is 5.73. The second kappa shape index (κ2) is 7.45. The molecule has 0 N–H and O–H groups in total. The maximum atomic E-state index is 13.9. The number of alkyl halides is 2. The Hall–Kier alpha value is -2.06. The van der Waals surface area contributed by atoms with Crippen LogP contribution in [0.1, 0.15) is 22.6 Å². The van der Waals surface area contributed by atoms with Crippen molar-refractivity contribution in [2.75, 3.05) is 26.2 Å². The Balaban J connectivity index is 1.59. The molecule has 0 unspecified atom stereocenters. The highest BCUT2D eigenvalue weighted by Gasteiger charge is 2.25. The molecule has 134 valence electrons. The zero-order valence-electron chi connectivity index (χ0n) is 13.2. The van der Waals surface area contributed by atoms with Crippen molar-refractivity contribution in [3.05, 3.63) is 52.6 Å². The first-order valence-corrected chi connectivity index (χ1v) is 8.11. The maximum absolute atomic E-state index is 13.9. The van der Waals surface area contributed by atoms with Gasteiger partial charge in [-0.1, -0.05) is 17.7 Å². The van der Waals surface area contributed by atoms with Crippen LogP contribution in [0.25, 0.3) is 0 Å². The third kappa shape index (κ3) is 3.96. The fourth-order valence-electron chi connectivity index (χ4n) is 2.74. The average molecular weight is 373 g/mol. The molecule has 2 heterocycles. The zero-order chi connectivity index (χ0) is 18.0. The van der Waals surface area contributed by atoms with E-state index in [1.807, 2.05) is 4.90 Å². The second-order valence-corrected chi connectivity index (χ2v) is 6.13. The van der Waals surface area contributed by atoms with E-state index in [1.54, 1.807) is 17.0 Å². The summed E-state index contributed by atoms with van der Waals surface area (Å²) in [6.07, 6.45) is 1.08. The van der Waals surface area contributed by atoms with Crippen molar-refractivity contribution in [1.29, 1.82) is 0 Å². The largest absolute Gasteiger partial charge is 0.335 e. The molecule has 1 aromatic carbocycles. The van der Waals surface area contributed by atoms with Crippen molar-refractivity contribution >= 4 is 17.5 Å². The number of hydrogen-bond donors (Lipinski definition) is 0. The Morgan fingerprint density at radius 3 is 2.52 bits per heavy atom. The molecule has 25 heavy (non-hydrogen) atoms. The lowest BCUT2D eigenvalue weighted by atomic mass is 10.1. The van der Waals surface area contributed by atoms with Crippen LogP contribution >= 0.6 is 11.6 Å². The number of piperazine rings is 1. The van der Waals surface area contributed by atoms with E-state index in [1.165, 1.54) is 12.1 Å². The Kier molecular flexibility index (Phi) is 5.29. The predicted octanol–water partition coefficient (Wildman–Crippen LogP) is 3.03. The van der Waals surface area contributed by atoms with Gasteiger partial charge in [-0.15, -0.1) is 0 Å².